The van der Waals surface area contributed by atoms with Crippen LogP contribution in [-0.2, 0) is 12.8 Å². The van der Waals surface area contributed by atoms with Crippen LogP contribution >= 0.6 is 22.9 Å². The number of benzene rings is 1. The number of alkyl halides is 1. The van der Waals surface area contributed by atoms with Crippen molar-refractivity contribution in [2.45, 2.75) is 39.0 Å². The van der Waals surface area contributed by atoms with Gasteiger partial charge in [-0.15, -0.1) is 22.9 Å². The van der Waals surface area contributed by atoms with Crippen LogP contribution in [0.1, 0.15) is 45.7 Å². The quantitative estimate of drug-likeness (QED) is 0.647. The third-order valence-electron chi connectivity index (χ3n) is 3.28. The minimum atomic E-state index is -0.00912. The van der Waals surface area contributed by atoms with E-state index in [1.54, 1.807) is 11.3 Å². The van der Waals surface area contributed by atoms with E-state index < -0.39 is 0 Å². The topological polar surface area (TPSA) is 0 Å². The number of hydrogen-bond donors (Lipinski definition) is 0. The molecule has 2 heteroatoms. The number of rotatable bonds is 4. The lowest BCUT2D eigenvalue weighted by molar-refractivity contribution is 1.03. The lowest BCUT2D eigenvalue weighted by Gasteiger charge is -2.14. The highest BCUT2D eigenvalue weighted by Crippen LogP contribution is 2.36. The SMILES string of the molecule is CCc1ccc(CC)c(C(Cl)c2ccc(C)s2)c1. The molecule has 0 fully saturated rings. The van der Waals surface area contributed by atoms with Gasteiger partial charge in [-0.25, -0.2) is 0 Å². The average Bonchev–Trinajstić information content (AvgIpc) is 2.83. The maximum atomic E-state index is 6.67. The van der Waals surface area contributed by atoms with Crippen molar-refractivity contribution in [1.29, 1.82) is 0 Å². The van der Waals surface area contributed by atoms with Crippen molar-refractivity contribution >= 4 is 22.9 Å². The van der Waals surface area contributed by atoms with E-state index in [-0.39, 0.29) is 5.38 Å². The molecule has 1 unspecified atom stereocenters. The zero-order chi connectivity index (χ0) is 13.1. The molecule has 96 valence electrons. The molecule has 0 bridgehead atoms. The number of aryl methyl sites for hydroxylation is 3. The molecule has 1 aromatic carbocycles. The first-order chi connectivity index (χ1) is 8.65. The van der Waals surface area contributed by atoms with Gasteiger partial charge in [-0.2, -0.15) is 0 Å². The summed E-state index contributed by atoms with van der Waals surface area (Å²) in [5, 5.41) is -0.00912. The van der Waals surface area contributed by atoms with Crippen LogP contribution in [-0.4, -0.2) is 0 Å². The Balaban J connectivity index is 2.41. The van der Waals surface area contributed by atoms with Gasteiger partial charge in [0.05, 0.1) is 5.38 Å². The van der Waals surface area contributed by atoms with Crippen molar-refractivity contribution in [3.8, 4) is 0 Å². The molecular formula is C16H19ClS. The Hall–Kier alpha value is -0.790. The molecule has 0 radical (unpaired) electrons. The molecule has 0 saturated heterocycles. The van der Waals surface area contributed by atoms with Gasteiger partial charge in [-0.3, -0.25) is 0 Å². The second kappa shape index (κ2) is 5.90. The minimum absolute atomic E-state index is 0.00912. The fraction of sp³-hybridized carbons (Fsp3) is 0.375. The number of thiophene rings is 1. The summed E-state index contributed by atoms with van der Waals surface area (Å²) in [5.41, 5.74) is 4.00. The van der Waals surface area contributed by atoms with E-state index in [9.17, 15) is 0 Å². The first-order valence-electron chi connectivity index (χ1n) is 6.47. The zero-order valence-electron chi connectivity index (χ0n) is 11.2. The molecule has 1 atom stereocenters. The Morgan fingerprint density at radius 2 is 1.89 bits per heavy atom. The monoisotopic (exact) mass is 278 g/mol. The first-order valence-corrected chi connectivity index (χ1v) is 7.73. The highest BCUT2D eigenvalue weighted by molar-refractivity contribution is 7.12. The van der Waals surface area contributed by atoms with Gasteiger partial charge in [0.2, 0.25) is 0 Å². The van der Waals surface area contributed by atoms with Crippen molar-refractivity contribution < 1.29 is 0 Å². The summed E-state index contributed by atoms with van der Waals surface area (Å²) in [6.07, 6.45) is 2.09. The van der Waals surface area contributed by atoms with Gasteiger partial charge in [0.25, 0.3) is 0 Å². The largest absolute Gasteiger partial charge is 0.144 e. The fourth-order valence-electron chi connectivity index (χ4n) is 2.17. The van der Waals surface area contributed by atoms with Gasteiger partial charge < -0.3 is 0 Å². The van der Waals surface area contributed by atoms with Crippen LogP contribution in [0.25, 0.3) is 0 Å². The molecular weight excluding hydrogens is 260 g/mol. The van der Waals surface area contributed by atoms with E-state index in [2.05, 4.69) is 51.1 Å². The third kappa shape index (κ3) is 2.78. The Labute approximate surface area is 119 Å². The van der Waals surface area contributed by atoms with Crippen LogP contribution < -0.4 is 0 Å². The molecule has 18 heavy (non-hydrogen) atoms. The van der Waals surface area contributed by atoms with Gasteiger partial charge in [0, 0.05) is 9.75 Å². The zero-order valence-corrected chi connectivity index (χ0v) is 12.7. The molecule has 0 amide bonds. The Bertz CT molecular complexity index is 528. The maximum Gasteiger partial charge on any atom is 0.0930 e. The predicted molar refractivity (Wildman–Crippen MR) is 82.0 cm³/mol. The van der Waals surface area contributed by atoms with Crippen molar-refractivity contribution in [2.24, 2.45) is 0 Å². The van der Waals surface area contributed by atoms with E-state index in [4.69, 9.17) is 11.6 Å². The van der Waals surface area contributed by atoms with E-state index in [1.807, 2.05) is 0 Å². The Kier molecular flexibility index (Phi) is 4.47. The minimum Gasteiger partial charge on any atom is -0.144 e. The standard InChI is InChI=1S/C16H19ClS/c1-4-12-7-8-13(5-2)14(10-12)16(17)15-9-6-11(3)18-15/h6-10,16H,4-5H2,1-3H3. The summed E-state index contributed by atoms with van der Waals surface area (Å²) in [5.74, 6) is 0. The molecule has 1 heterocycles. The van der Waals surface area contributed by atoms with Crippen molar-refractivity contribution in [3.63, 3.8) is 0 Å². The van der Waals surface area contributed by atoms with E-state index in [0.717, 1.165) is 12.8 Å². The summed E-state index contributed by atoms with van der Waals surface area (Å²) in [6, 6.07) is 11.0. The van der Waals surface area contributed by atoms with E-state index in [0.29, 0.717) is 0 Å². The molecule has 0 N–H and O–H groups in total. The maximum absolute atomic E-state index is 6.67. The second-order valence-electron chi connectivity index (χ2n) is 4.55. The molecule has 1 aromatic heterocycles. The van der Waals surface area contributed by atoms with Gasteiger partial charge in [-0.1, -0.05) is 32.0 Å². The predicted octanol–water partition coefficient (Wildman–Crippen LogP) is 5.51. The molecule has 2 rings (SSSR count). The molecule has 0 aliphatic heterocycles. The molecule has 0 aliphatic carbocycles. The van der Waals surface area contributed by atoms with Crippen molar-refractivity contribution in [2.75, 3.05) is 0 Å². The van der Waals surface area contributed by atoms with Crippen LogP contribution in [0.4, 0.5) is 0 Å². The average molecular weight is 279 g/mol. The summed E-state index contributed by atoms with van der Waals surface area (Å²) in [6.45, 7) is 6.50. The van der Waals surface area contributed by atoms with E-state index >= 15 is 0 Å². The number of halogens is 1. The molecule has 0 aliphatic rings. The summed E-state index contributed by atoms with van der Waals surface area (Å²) >= 11 is 8.46. The lowest BCUT2D eigenvalue weighted by atomic mass is 9.97. The molecule has 0 nitrogen and oxygen atoms in total. The highest BCUT2D eigenvalue weighted by atomic mass is 35.5. The van der Waals surface area contributed by atoms with Crippen LogP contribution in [0, 0.1) is 6.92 Å². The molecule has 0 saturated carbocycles. The second-order valence-corrected chi connectivity index (χ2v) is 6.31. The van der Waals surface area contributed by atoms with Crippen LogP contribution in [0.15, 0.2) is 30.3 Å². The third-order valence-corrected chi connectivity index (χ3v) is 4.95. The molecule has 2 aromatic rings. The Morgan fingerprint density at radius 3 is 2.44 bits per heavy atom. The van der Waals surface area contributed by atoms with Crippen molar-refractivity contribution in [3.05, 3.63) is 56.8 Å². The van der Waals surface area contributed by atoms with Crippen LogP contribution in [0.2, 0.25) is 0 Å². The van der Waals surface area contributed by atoms with E-state index in [1.165, 1.54) is 26.4 Å². The smallest absolute Gasteiger partial charge is 0.0930 e. The first kappa shape index (κ1) is 13.6. The van der Waals surface area contributed by atoms with Crippen LogP contribution in [0.3, 0.4) is 0 Å². The number of hydrogen-bond acceptors (Lipinski definition) is 1. The Morgan fingerprint density at radius 1 is 1.11 bits per heavy atom. The van der Waals surface area contributed by atoms with Gasteiger partial charge in [-0.05, 0) is 48.6 Å². The molecule has 0 spiro atoms. The highest BCUT2D eigenvalue weighted by Gasteiger charge is 2.16. The van der Waals surface area contributed by atoms with Gasteiger partial charge in [0.15, 0.2) is 0 Å². The van der Waals surface area contributed by atoms with Gasteiger partial charge >= 0.3 is 0 Å². The normalized spacial score (nSPS) is 12.7. The fourth-order valence-corrected chi connectivity index (χ4v) is 3.45. The summed E-state index contributed by atoms with van der Waals surface area (Å²) in [7, 11) is 0. The van der Waals surface area contributed by atoms with Gasteiger partial charge in [0.1, 0.15) is 0 Å². The summed E-state index contributed by atoms with van der Waals surface area (Å²) < 4.78 is 0. The van der Waals surface area contributed by atoms with Crippen LogP contribution in [0.5, 0.6) is 0 Å². The van der Waals surface area contributed by atoms with Crippen molar-refractivity contribution in [1.82, 2.24) is 0 Å². The summed E-state index contributed by atoms with van der Waals surface area (Å²) in [4.78, 5) is 2.57. The lowest BCUT2D eigenvalue weighted by Crippen LogP contribution is -1.98.